The van der Waals surface area contributed by atoms with Crippen LogP contribution in [-0.2, 0) is 24.6 Å². The van der Waals surface area contributed by atoms with Crippen molar-refractivity contribution in [2.24, 2.45) is 4.99 Å². The fraction of sp³-hybridized carbons (Fsp3) is 0.550. The molecule has 1 heterocycles. The first-order valence-corrected chi connectivity index (χ1v) is 9.87. The van der Waals surface area contributed by atoms with Crippen molar-refractivity contribution in [1.29, 1.82) is 0 Å². The molecule has 3 rings (SSSR count). The molecule has 0 bridgehead atoms. The molecule has 0 aliphatic heterocycles. The van der Waals surface area contributed by atoms with E-state index in [4.69, 9.17) is 0 Å². The molecule has 1 aliphatic carbocycles. The number of nitrogens with one attached hydrogen (secondary N) is 2. The van der Waals surface area contributed by atoms with Gasteiger partial charge < -0.3 is 15.2 Å². The van der Waals surface area contributed by atoms with Gasteiger partial charge in [0.05, 0.1) is 5.56 Å². The fourth-order valence-electron chi connectivity index (χ4n) is 3.70. The van der Waals surface area contributed by atoms with Crippen molar-refractivity contribution in [2.45, 2.75) is 50.7 Å². The van der Waals surface area contributed by atoms with Crippen LogP contribution in [0.4, 0.5) is 13.2 Å². The minimum atomic E-state index is -4.33. The van der Waals surface area contributed by atoms with Gasteiger partial charge in [-0.3, -0.25) is 4.99 Å². The van der Waals surface area contributed by atoms with Crippen LogP contribution in [0.3, 0.4) is 0 Å². The van der Waals surface area contributed by atoms with E-state index in [9.17, 15) is 13.2 Å². The lowest BCUT2D eigenvalue weighted by Crippen LogP contribution is -2.49. The van der Waals surface area contributed by atoms with Gasteiger partial charge in [0.25, 0.3) is 0 Å². The fourth-order valence-corrected chi connectivity index (χ4v) is 3.70. The number of aromatic nitrogens is 3. The molecular weight excluding hydrogens is 381 g/mol. The van der Waals surface area contributed by atoms with E-state index in [1.807, 2.05) is 11.5 Å². The Morgan fingerprint density at radius 1 is 1.28 bits per heavy atom. The third-order valence-electron chi connectivity index (χ3n) is 5.59. The van der Waals surface area contributed by atoms with Crippen molar-refractivity contribution in [3.05, 3.63) is 47.5 Å². The minimum Gasteiger partial charge on any atom is -0.356 e. The molecule has 6 nitrogen and oxygen atoms in total. The van der Waals surface area contributed by atoms with Crippen LogP contribution in [0, 0.1) is 0 Å². The lowest BCUT2D eigenvalue weighted by Gasteiger charge is -2.43. The maximum absolute atomic E-state index is 13.1. The van der Waals surface area contributed by atoms with E-state index in [0.717, 1.165) is 43.1 Å². The highest BCUT2D eigenvalue weighted by Gasteiger charge is 2.40. The summed E-state index contributed by atoms with van der Waals surface area (Å²) in [7, 11) is 1.68. The smallest absolute Gasteiger partial charge is 0.356 e. The standard InChI is InChI=1S/C20H27F3N6/c1-3-17-28-27-14-29(17)11-10-25-18(24-2)26-13-19(8-5-9-19)15-6-4-7-16(12-15)20(21,22)23/h4,6-7,12,14H,3,5,8-11,13H2,1-2H3,(H2,24,25,26). The maximum atomic E-state index is 13.1. The van der Waals surface area contributed by atoms with Crippen LogP contribution in [0.2, 0.25) is 0 Å². The van der Waals surface area contributed by atoms with Crippen LogP contribution in [0.5, 0.6) is 0 Å². The molecule has 1 aliphatic rings. The first-order valence-electron chi connectivity index (χ1n) is 9.87. The zero-order chi connectivity index (χ0) is 20.9. The Morgan fingerprint density at radius 3 is 2.69 bits per heavy atom. The Hall–Kier alpha value is -2.58. The molecule has 1 saturated carbocycles. The van der Waals surface area contributed by atoms with Crippen LogP contribution < -0.4 is 10.6 Å². The first-order chi connectivity index (χ1) is 13.9. The number of hydrogen-bond donors (Lipinski definition) is 2. The summed E-state index contributed by atoms with van der Waals surface area (Å²) in [5.41, 5.74) is -0.147. The average Bonchev–Trinajstić information content (AvgIpc) is 3.12. The Kier molecular flexibility index (Phi) is 6.44. The summed E-state index contributed by atoms with van der Waals surface area (Å²) in [5, 5.41) is 14.5. The van der Waals surface area contributed by atoms with Crippen LogP contribution >= 0.6 is 0 Å². The second-order valence-electron chi connectivity index (χ2n) is 7.36. The van der Waals surface area contributed by atoms with Gasteiger partial charge in [-0.1, -0.05) is 31.5 Å². The number of aliphatic imine (C=N–C) groups is 1. The Bertz CT molecular complexity index is 839. The molecule has 9 heteroatoms. The van der Waals surface area contributed by atoms with E-state index >= 15 is 0 Å². The van der Waals surface area contributed by atoms with Gasteiger partial charge in [0.15, 0.2) is 5.96 Å². The lowest BCUT2D eigenvalue weighted by molar-refractivity contribution is -0.137. The van der Waals surface area contributed by atoms with E-state index in [-0.39, 0.29) is 5.41 Å². The first kappa shape index (κ1) is 21.1. The molecular formula is C20H27F3N6. The number of rotatable bonds is 7. The van der Waals surface area contributed by atoms with Crippen molar-refractivity contribution in [1.82, 2.24) is 25.4 Å². The molecule has 29 heavy (non-hydrogen) atoms. The molecule has 2 N–H and O–H groups in total. The number of nitrogens with zero attached hydrogens (tertiary/aromatic N) is 4. The zero-order valence-corrected chi connectivity index (χ0v) is 16.8. The van der Waals surface area contributed by atoms with Gasteiger partial charge in [-0.15, -0.1) is 10.2 Å². The predicted molar refractivity (Wildman–Crippen MR) is 106 cm³/mol. The number of hydrogen-bond acceptors (Lipinski definition) is 3. The number of aryl methyl sites for hydroxylation is 1. The molecule has 0 spiro atoms. The van der Waals surface area contributed by atoms with Crippen molar-refractivity contribution in [3.63, 3.8) is 0 Å². The molecule has 0 radical (unpaired) electrons. The van der Waals surface area contributed by atoms with Crippen molar-refractivity contribution in [2.75, 3.05) is 20.1 Å². The van der Waals surface area contributed by atoms with Crippen LogP contribution in [-0.4, -0.2) is 40.9 Å². The monoisotopic (exact) mass is 408 g/mol. The van der Waals surface area contributed by atoms with E-state index < -0.39 is 11.7 Å². The molecule has 1 aromatic heterocycles. The molecule has 1 fully saturated rings. The Morgan fingerprint density at radius 2 is 2.07 bits per heavy atom. The number of halogens is 3. The molecule has 2 aromatic rings. The summed E-state index contributed by atoms with van der Waals surface area (Å²) >= 11 is 0. The summed E-state index contributed by atoms with van der Waals surface area (Å²) < 4.78 is 41.3. The SMILES string of the molecule is CCc1nncn1CCNC(=NC)NCC1(c2cccc(C(F)(F)F)c2)CCC1. The highest BCUT2D eigenvalue weighted by atomic mass is 19.4. The number of benzene rings is 1. The summed E-state index contributed by atoms with van der Waals surface area (Å²) in [6.07, 6.45) is 0.917. The second kappa shape index (κ2) is 8.84. The van der Waals surface area contributed by atoms with E-state index in [1.165, 1.54) is 12.1 Å². The number of alkyl halides is 3. The lowest BCUT2D eigenvalue weighted by atomic mass is 9.64. The summed E-state index contributed by atoms with van der Waals surface area (Å²) in [5.74, 6) is 1.56. The van der Waals surface area contributed by atoms with Gasteiger partial charge in [0.1, 0.15) is 12.2 Å². The minimum absolute atomic E-state index is 0.289. The van der Waals surface area contributed by atoms with Crippen LogP contribution in [0.25, 0.3) is 0 Å². The highest BCUT2D eigenvalue weighted by Crippen LogP contribution is 2.44. The predicted octanol–water partition coefficient (Wildman–Crippen LogP) is 3.15. The third kappa shape index (κ3) is 4.89. The van der Waals surface area contributed by atoms with Gasteiger partial charge in [0.2, 0.25) is 0 Å². The van der Waals surface area contributed by atoms with Gasteiger partial charge in [0, 0.05) is 38.5 Å². The topological polar surface area (TPSA) is 67.1 Å². The van der Waals surface area contributed by atoms with E-state index in [1.54, 1.807) is 19.4 Å². The molecule has 0 amide bonds. The summed E-state index contributed by atoms with van der Waals surface area (Å²) in [6, 6.07) is 5.70. The molecule has 0 saturated heterocycles. The van der Waals surface area contributed by atoms with Crippen molar-refractivity contribution < 1.29 is 13.2 Å². The quantitative estimate of drug-likeness (QED) is 0.546. The average molecular weight is 408 g/mol. The Labute approximate surface area is 168 Å². The molecule has 1 aromatic carbocycles. The zero-order valence-electron chi connectivity index (χ0n) is 16.8. The Balaban J connectivity index is 1.59. The van der Waals surface area contributed by atoms with Crippen molar-refractivity contribution in [3.8, 4) is 0 Å². The van der Waals surface area contributed by atoms with Gasteiger partial charge in [-0.25, -0.2) is 0 Å². The van der Waals surface area contributed by atoms with Crippen LogP contribution in [0.1, 0.15) is 43.1 Å². The van der Waals surface area contributed by atoms with Crippen molar-refractivity contribution >= 4 is 5.96 Å². The molecule has 0 unspecified atom stereocenters. The third-order valence-corrected chi connectivity index (χ3v) is 5.59. The summed E-state index contributed by atoms with van der Waals surface area (Å²) in [4.78, 5) is 4.24. The van der Waals surface area contributed by atoms with E-state index in [2.05, 4.69) is 25.8 Å². The van der Waals surface area contributed by atoms with Gasteiger partial charge in [-0.2, -0.15) is 13.2 Å². The van der Waals surface area contributed by atoms with Crippen LogP contribution in [0.15, 0.2) is 35.6 Å². The normalized spacial score (nSPS) is 16.4. The largest absolute Gasteiger partial charge is 0.416 e. The molecule has 0 atom stereocenters. The second-order valence-corrected chi connectivity index (χ2v) is 7.36. The maximum Gasteiger partial charge on any atom is 0.416 e. The number of guanidine groups is 1. The molecule has 158 valence electrons. The van der Waals surface area contributed by atoms with E-state index in [0.29, 0.717) is 25.6 Å². The summed E-state index contributed by atoms with van der Waals surface area (Å²) in [6.45, 7) is 3.91. The highest BCUT2D eigenvalue weighted by molar-refractivity contribution is 5.79. The van der Waals surface area contributed by atoms with Gasteiger partial charge >= 0.3 is 6.18 Å². The van der Waals surface area contributed by atoms with Gasteiger partial charge in [-0.05, 0) is 24.5 Å².